The molecule has 0 saturated heterocycles. The quantitative estimate of drug-likeness (QED) is 0.655. The molecule has 1 N–H and O–H groups in total. The second-order valence-electron chi connectivity index (χ2n) is 6.00. The molecule has 1 unspecified atom stereocenters. The number of carbonyl (C=O) groups is 2. The van der Waals surface area contributed by atoms with Gasteiger partial charge in [0.1, 0.15) is 17.1 Å². The van der Waals surface area contributed by atoms with Crippen LogP contribution in [-0.4, -0.2) is 31.7 Å². The van der Waals surface area contributed by atoms with Crippen LogP contribution in [-0.2, 0) is 16.0 Å². The fourth-order valence-electron chi connectivity index (χ4n) is 2.52. The molecule has 0 spiro atoms. The topological polar surface area (TPSA) is 73.9 Å². The number of benzene rings is 2. The highest BCUT2D eigenvalue weighted by molar-refractivity contribution is 6.34. The normalized spacial score (nSPS) is 11.5. The van der Waals surface area contributed by atoms with Crippen molar-refractivity contribution in [3.8, 4) is 11.5 Å². The average molecular weight is 406 g/mol. The Kier molecular flexibility index (Phi) is 7.70. The number of amides is 1. The van der Waals surface area contributed by atoms with E-state index in [0.29, 0.717) is 11.4 Å². The third-order valence-corrected chi connectivity index (χ3v) is 4.34. The number of methoxy groups -OCH3 is 1. The number of hydrogen-bond donors (Lipinski definition) is 1. The number of anilines is 1. The summed E-state index contributed by atoms with van der Waals surface area (Å²) in [4.78, 5) is 24.5. The molecule has 0 aromatic heterocycles. The molecule has 0 heterocycles. The third kappa shape index (κ3) is 5.39. The predicted octanol–water partition coefficient (Wildman–Crippen LogP) is 4.49. The van der Waals surface area contributed by atoms with E-state index >= 15 is 0 Å². The second kappa shape index (κ2) is 9.99. The minimum Gasteiger partial charge on any atom is -0.496 e. The number of carbonyl (C=O) groups excluding carboxylic acids is 2. The number of nitrogens with one attached hydrogen (secondary N) is 1. The first-order valence-electron chi connectivity index (χ1n) is 9.00. The van der Waals surface area contributed by atoms with Gasteiger partial charge >= 0.3 is 5.97 Å². The Balaban J connectivity index is 2.14. The molecule has 6 nitrogen and oxygen atoms in total. The Labute approximate surface area is 169 Å². The molecule has 28 heavy (non-hydrogen) atoms. The van der Waals surface area contributed by atoms with Crippen molar-refractivity contribution in [3.63, 3.8) is 0 Å². The Morgan fingerprint density at radius 2 is 1.93 bits per heavy atom. The van der Waals surface area contributed by atoms with Crippen LogP contribution >= 0.6 is 11.6 Å². The number of ether oxygens (including phenoxy) is 3. The van der Waals surface area contributed by atoms with E-state index in [9.17, 15) is 9.59 Å². The van der Waals surface area contributed by atoms with Gasteiger partial charge in [-0.1, -0.05) is 30.7 Å². The molecule has 0 fully saturated rings. The highest BCUT2D eigenvalue weighted by atomic mass is 35.5. The standard InChI is InChI=1S/C21H24ClNO5/c1-5-14-8-7-9-15(10-14)28-13(3)20(24)23-18-12-19(26-4)16(11-17(18)22)21(25)27-6-2/h7-13H,5-6H2,1-4H3,(H,23,24). The minimum atomic E-state index is -0.751. The van der Waals surface area contributed by atoms with E-state index in [2.05, 4.69) is 5.32 Å². The molecule has 0 aliphatic heterocycles. The number of halogens is 1. The van der Waals surface area contributed by atoms with Crippen molar-refractivity contribution in [2.75, 3.05) is 19.0 Å². The zero-order valence-electron chi connectivity index (χ0n) is 16.4. The monoisotopic (exact) mass is 405 g/mol. The third-order valence-electron chi connectivity index (χ3n) is 4.03. The Morgan fingerprint density at radius 1 is 1.18 bits per heavy atom. The van der Waals surface area contributed by atoms with Crippen LogP contribution in [0.4, 0.5) is 5.69 Å². The first-order valence-corrected chi connectivity index (χ1v) is 9.38. The van der Waals surface area contributed by atoms with Crippen molar-refractivity contribution < 1.29 is 23.8 Å². The highest BCUT2D eigenvalue weighted by Gasteiger charge is 2.20. The van der Waals surface area contributed by atoms with Gasteiger partial charge < -0.3 is 19.5 Å². The average Bonchev–Trinajstić information content (AvgIpc) is 2.69. The summed E-state index contributed by atoms with van der Waals surface area (Å²) < 4.78 is 15.9. The predicted molar refractivity (Wildman–Crippen MR) is 109 cm³/mol. The van der Waals surface area contributed by atoms with E-state index in [1.54, 1.807) is 19.9 Å². The van der Waals surface area contributed by atoms with Crippen molar-refractivity contribution in [1.82, 2.24) is 0 Å². The summed E-state index contributed by atoms with van der Waals surface area (Å²) in [6.07, 6.45) is 0.124. The van der Waals surface area contributed by atoms with Gasteiger partial charge in [-0.05, 0) is 44.0 Å². The Morgan fingerprint density at radius 3 is 2.57 bits per heavy atom. The zero-order chi connectivity index (χ0) is 20.7. The van der Waals surface area contributed by atoms with Gasteiger partial charge in [0, 0.05) is 6.07 Å². The molecule has 2 aromatic rings. The lowest BCUT2D eigenvalue weighted by atomic mass is 10.1. The van der Waals surface area contributed by atoms with Crippen LogP contribution in [0.25, 0.3) is 0 Å². The van der Waals surface area contributed by atoms with Crippen molar-refractivity contribution in [2.24, 2.45) is 0 Å². The summed E-state index contributed by atoms with van der Waals surface area (Å²) >= 11 is 6.23. The van der Waals surface area contributed by atoms with E-state index in [-0.39, 0.29) is 28.8 Å². The molecule has 0 aliphatic rings. The second-order valence-corrected chi connectivity index (χ2v) is 6.41. The number of esters is 1. The summed E-state index contributed by atoms with van der Waals surface area (Å²) in [5.41, 5.74) is 1.62. The van der Waals surface area contributed by atoms with Gasteiger partial charge in [-0.25, -0.2) is 4.79 Å². The maximum absolute atomic E-state index is 12.5. The fourth-order valence-corrected chi connectivity index (χ4v) is 2.73. The van der Waals surface area contributed by atoms with Gasteiger partial charge in [-0.15, -0.1) is 0 Å². The molecule has 1 amide bonds. The van der Waals surface area contributed by atoms with Gasteiger partial charge in [0.25, 0.3) is 5.91 Å². The minimum absolute atomic E-state index is 0.188. The summed E-state index contributed by atoms with van der Waals surface area (Å²) in [6, 6.07) is 10.5. The molecular weight excluding hydrogens is 382 g/mol. The van der Waals surface area contributed by atoms with E-state index in [4.69, 9.17) is 25.8 Å². The lowest BCUT2D eigenvalue weighted by Crippen LogP contribution is -2.30. The first kappa shape index (κ1) is 21.6. The van der Waals surface area contributed by atoms with Crippen LogP contribution in [0.1, 0.15) is 36.7 Å². The van der Waals surface area contributed by atoms with Crippen molar-refractivity contribution in [1.29, 1.82) is 0 Å². The van der Waals surface area contributed by atoms with Crippen molar-refractivity contribution in [3.05, 3.63) is 52.5 Å². The van der Waals surface area contributed by atoms with Crippen molar-refractivity contribution in [2.45, 2.75) is 33.3 Å². The van der Waals surface area contributed by atoms with E-state index in [0.717, 1.165) is 12.0 Å². The molecule has 0 radical (unpaired) electrons. The van der Waals surface area contributed by atoms with Gasteiger partial charge in [0.05, 0.1) is 24.4 Å². The molecular formula is C21H24ClNO5. The first-order chi connectivity index (χ1) is 13.4. The molecule has 7 heteroatoms. The number of hydrogen-bond acceptors (Lipinski definition) is 5. The lowest BCUT2D eigenvalue weighted by molar-refractivity contribution is -0.122. The maximum Gasteiger partial charge on any atom is 0.341 e. The molecule has 0 saturated carbocycles. The molecule has 2 aromatic carbocycles. The van der Waals surface area contributed by atoms with Gasteiger partial charge in [0.2, 0.25) is 0 Å². The van der Waals surface area contributed by atoms with E-state index in [1.165, 1.54) is 19.2 Å². The molecule has 0 bridgehead atoms. The molecule has 1 atom stereocenters. The summed E-state index contributed by atoms with van der Waals surface area (Å²) in [5, 5.41) is 2.90. The van der Waals surface area contributed by atoms with Crippen LogP contribution in [0.2, 0.25) is 5.02 Å². The van der Waals surface area contributed by atoms with E-state index in [1.807, 2.05) is 25.1 Å². The van der Waals surface area contributed by atoms with Crippen LogP contribution in [0, 0.1) is 0 Å². The maximum atomic E-state index is 12.5. The van der Waals surface area contributed by atoms with Gasteiger partial charge in [-0.2, -0.15) is 0 Å². The zero-order valence-corrected chi connectivity index (χ0v) is 17.1. The lowest BCUT2D eigenvalue weighted by Gasteiger charge is -2.17. The van der Waals surface area contributed by atoms with Crippen LogP contribution in [0.15, 0.2) is 36.4 Å². The van der Waals surface area contributed by atoms with Gasteiger partial charge in [-0.3, -0.25) is 4.79 Å². The summed E-state index contributed by atoms with van der Waals surface area (Å²) in [5.74, 6) is -0.0629. The van der Waals surface area contributed by atoms with E-state index < -0.39 is 12.1 Å². The van der Waals surface area contributed by atoms with Crippen LogP contribution < -0.4 is 14.8 Å². The molecule has 0 aliphatic carbocycles. The molecule has 2 rings (SSSR count). The highest BCUT2D eigenvalue weighted by Crippen LogP contribution is 2.31. The number of rotatable bonds is 8. The van der Waals surface area contributed by atoms with Gasteiger partial charge in [0.15, 0.2) is 6.10 Å². The summed E-state index contributed by atoms with van der Waals surface area (Å²) in [6.45, 7) is 5.63. The summed E-state index contributed by atoms with van der Waals surface area (Å²) in [7, 11) is 1.42. The van der Waals surface area contributed by atoms with Crippen molar-refractivity contribution >= 4 is 29.2 Å². The Hall–Kier alpha value is -2.73. The fraction of sp³-hybridized carbons (Fsp3) is 0.333. The van der Waals surface area contributed by atoms with Crippen LogP contribution in [0.3, 0.4) is 0 Å². The molecule has 150 valence electrons. The number of aryl methyl sites for hydroxylation is 1. The Bertz CT molecular complexity index is 853. The largest absolute Gasteiger partial charge is 0.496 e. The smallest absolute Gasteiger partial charge is 0.341 e. The SMILES string of the molecule is CCOC(=O)c1cc(Cl)c(NC(=O)C(C)Oc2cccc(CC)c2)cc1OC. The van der Waals surface area contributed by atoms with Crippen LogP contribution in [0.5, 0.6) is 11.5 Å².